The zero-order valence-electron chi connectivity index (χ0n) is 7.89. The number of alkyl halides is 4. The van der Waals surface area contributed by atoms with Crippen molar-refractivity contribution < 1.29 is 27.8 Å². The standard InChI is InChI=1S/C8H4BrF3INO3/c9-1-3-4(13)2-14-5(7(15)16)6(3)17-8(10,11)12/h2H,1H2,(H,15,16). The minimum absolute atomic E-state index is 0.0273. The van der Waals surface area contributed by atoms with Gasteiger partial charge in [0.1, 0.15) is 0 Å². The maximum atomic E-state index is 12.2. The Balaban J connectivity index is 3.39. The molecule has 1 N–H and O–H groups in total. The summed E-state index contributed by atoms with van der Waals surface area (Å²) in [4.78, 5) is 14.2. The average molecular weight is 426 g/mol. The van der Waals surface area contributed by atoms with Crippen LogP contribution in [0.25, 0.3) is 0 Å². The van der Waals surface area contributed by atoms with Crippen LogP contribution in [0.3, 0.4) is 0 Å². The van der Waals surface area contributed by atoms with Crippen molar-refractivity contribution in [3.63, 3.8) is 0 Å². The summed E-state index contributed by atoms with van der Waals surface area (Å²) in [6, 6.07) is 0. The van der Waals surface area contributed by atoms with Crippen LogP contribution in [0, 0.1) is 3.57 Å². The van der Waals surface area contributed by atoms with Gasteiger partial charge in [-0.2, -0.15) is 0 Å². The van der Waals surface area contributed by atoms with E-state index in [1.54, 1.807) is 22.6 Å². The Kier molecular flexibility index (Phi) is 4.58. The lowest BCUT2D eigenvalue weighted by atomic mass is 10.2. The monoisotopic (exact) mass is 425 g/mol. The number of ether oxygens (including phenoxy) is 1. The molecule has 0 fully saturated rings. The SMILES string of the molecule is O=C(O)c1ncc(I)c(CBr)c1OC(F)(F)F. The number of carboxylic acids is 1. The number of hydrogen-bond acceptors (Lipinski definition) is 3. The Labute approximate surface area is 115 Å². The normalized spacial score (nSPS) is 11.4. The van der Waals surface area contributed by atoms with Crippen molar-refractivity contribution in [1.29, 1.82) is 0 Å². The van der Waals surface area contributed by atoms with Gasteiger partial charge in [0.25, 0.3) is 0 Å². The second-order valence-corrected chi connectivity index (χ2v) is 4.47. The van der Waals surface area contributed by atoms with Gasteiger partial charge in [-0.15, -0.1) is 13.2 Å². The molecule has 1 heterocycles. The van der Waals surface area contributed by atoms with E-state index < -0.39 is 23.8 Å². The van der Waals surface area contributed by atoms with Crippen molar-refractivity contribution in [2.45, 2.75) is 11.7 Å². The van der Waals surface area contributed by atoms with Crippen LogP contribution < -0.4 is 4.74 Å². The lowest BCUT2D eigenvalue weighted by Crippen LogP contribution is -2.21. The van der Waals surface area contributed by atoms with Gasteiger partial charge in [0.2, 0.25) is 0 Å². The van der Waals surface area contributed by atoms with Crippen molar-refractivity contribution in [2.24, 2.45) is 0 Å². The third-order valence-electron chi connectivity index (χ3n) is 1.64. The van der Waals surface area contributed by atoms with Crippen LogP contribution in [0.5, 0.6) is 5.75 Å². The number of hydrogen-bond donors (Lipinski definition) is 1. The first-order valence-corrected chi connectivity index (χ1v) is 6.18. The molecule has 1 aromatic rings. The van der Waals surface area contributed by atoms with Gasteiger partial charge < -0.3 is 9.84 Å². The number of aromatic nitrogens is 1. The van der Waals surface area contributed by atoms with Crippen molar-refractivity contribution >= 4 is 44.5 Å². The molecule has 0 spiro atoms. The van der Waals surface area contributed by atoms with Gasteiger partial charge in [-0.05, 0) is 22.6 Å². The van der Waals surface area contributed by atoms with E-state index >= 15 is 0 Å². The van der Waals surface area contributed by atoms with Gasteiger partial charge in [0.15, 0.2) is 11.4 Å². The van der Waals surface area contributed by atoms with Crippen LogP contribution in [-0.4, -0.2) is 22.4 Å². The third kappa shape index (κ3) is 3.69. The Morgan fingerprint density at radius 3 is 2.59 bits per heavy atom. The molecule has 0 saturated heterocycles. The van der Waals surface area contributed by atoms with Crippen LogP contribution >= 0.6 is 38.5 Å². The van der Waals surface area contributed by atoms with Gasteiger partial charge >= 0.3 is 12.3 Å². The third-order valence-corrected chi connectivity index (χ3v) is 3.13. The lowest BCUT2D eigenvalue weighted by molar-refractivity contribution is -0.275. The summed E-state index contributed by atoms with van der Waals surface area (Å²) in [5.74, 6) is -2.36. The molecule has 0 bridgehead atoms. The molecule has 0 aromatic carbocycles. The first-order valence-electron chi connectivity index (χ1n) is 3.98. The van der Waals surface area contributed by atoms with E-state index in [-0.39, 0.29) is 10.9 Å². The van der Waals surface area contributed by atoms with E-state index in [0.717, 1.165) is 0 Å². The predicted molar refractivity (Wildman–Crippen MR) is 63.2 cm³/mol. The van der Waals surface area contributed by atoms with Crippen LogP contribution in [-0.2, 0) is 5.33 Å². The molecule has 0 aliphatic carbocycles. The molecule has 1 aromatic heterocycles. The molecule has 0 aliphatic rings. The molecule has 9 heteroatoms. The van der Waals surface area contributed by atoms with E-state index in [4.69, 9.17) is 5.11 Å². The summed E-state index contributed by atoms with van der Waals surface area (Å²) < 4.78 is 40.6. The average Bonchev–Trinajstić information content (AvgIpc) is 2.15. The highest BCUT2D eigenvalue weighted by Gasteiger charge is 2.35. The number of aromatic carboxylic acids is 1. The summed E-state index contributed by atoms with van der Waals surface area (Å²) in [5, 5.41) is 8.77. The second kappa shape index (κ2) is 5.38. The Morgan fingerprint density at radius 2 is 2.18 bits per heavy atom. The van der Waals surface area contributed by atoms with E-state index in [1.165, 1.54) is 6.20 Å². The van der Waals surface area contributed by atoms with E-state index in [0.29, 0.717) is 3.57 Å². The molecule has 4 nitrogen and oxygen atoms in total. The first kappa shape index (κ1) is 14.5. The van der Waals surface area contributed by atoms with Gasteiger partial charge in [-0.3, -0.25) is 0 Å². The highest BCUT2D eigenvalue weighted by Crippen LogP contribution is 2.33. The number of carboxylic acid groups (broad SMARTS) is 1. The van der Waals surface area contributed by atoms with E-state index in [9.17, 15) is 18.0 Å². The summed E-state index contributed by atoms with van der Waals surface area (Å²) in [6.45, 7) is 0. The molecular weight excluding hydrogens is 422 g/mol. The van der Waals surface area contributed by atoms with E-state index in [1.807, 2.05) is 0 Å². The minimum Gasteiger partial charge on any atom is -0.476 e. The number of pyridine rings is 1. The van der Waals surface area contributed by atoms with Crippen molar-refractivity contribution in [2.75, 3.05) is 0 Å². The predicted octanol–water partition coefficient (Wildman–Crippen LogP) is 3.18. The fourth-order valence-corrected chi connectivity index (χ4v) is 2.67. The highest BCUT2D eigenvalue weighted by atomic mass is 127. The zero-order chi connectivity index (χ0) is 13.2. The molecule has 17 heavy (non-hydrogen) atoms. The van der Waals surface area contributed by atoms with Gasteiger partial charge in [0.05, 0.1) is 0 Å². The molecule has 0 radical (unpaired) electrons. The van der Waals surface area contributed by atoms with Crippen LogP contribution in [0.15, 0.2) is 6.20 Å². The van der Waals surface area contributed by atoms with Crippen LogP contribution in [0.1, 0.15) is 16.1 Å². The molecule has 94 valence electrons. The van der Waals surface area contributed by atoms with Gasteiger partial charge in [0, 0.05) is 20.7 Å². The number of carbonyl (C=O) groups is 1. The van der Waals surface area contributed by atoms with Crippen LogP contribution in [0.2, 0.25) is 0 Å². The number of rotatable bonds is 3. The highest BCUT2D eigenvalue weighted by molar-refractivity contribution is 14.1. The first-order chi connectivity index (χ1) is 7.76. The van der Waals surface area contributed by atoms with Gasteiger partial charge in [-0.1, -0.05) is 15.9 Å². The van der Waals surface area contributed by atoms with Crippen molar-refractivity contribution in [3.8, 4) is 5.75 Å². The van der Waals surface area contributed by atoms with Gasteiger partial charge in [-0.25, -0.2) is 9.78 Å². The fraction of sp³-hybridized carbons (Fsp3) is 0.250. The summed E-state index contributed by atoms with van der Waals surface area (Å²) in [5.41, 5.74) is -0.674. The molecule has 0 saturated carbocycles. The molecule has 1 rings (SSSR count). The molecule has 0 amide bonds. The summed E-state index contributed by atoms with van der Waals surface area (Å²) in [7, 11) is 0. The maximum absolute atomic E-state index is 12.2. The lowest BCUT2D eigenvalue weighted by Gasteiger charge is -2.14. The van der Waals surface area contributed by atoms with E-state index in [2.05, 4.69) is 25.7 Å². The summed E-state index contributed by atoms with van der Waals surface area (Å²) in [6.07, 6.45) is -3.79. The van der Waals surface area contributed by atoms with Crippen molar-refractivity contribution in [1.82, 2.24) is 4.98 Å². The largest absolute Gasteiger partial charge is 0.573 e. The smallest absolute Gasteiger partial charge is 0.476 e. The quantitative estimate of drug-likeness (QED) is 0.597. The number of halogens is 5. The topological polar surface area (TPSA) is 59.4 Å². The molecule has 0 unspecified atom stereocenters. The van der Waals surface area contributed by atoms with Crippen LogP contribution in [0.4, 0.5) is 13.2 Å². The summed E-state index contributed by atoms with van der Waals surface area (Å²) >= 11 is 4.72. The Hall–Kier alpha value is -0.580. The zero-order valence-corrected chi connectivity index (χ0v) is 11.6. The molecule has 0 atom stereocenters. The minimum atomic E-state index is -4.97. The van der Waals surface area contributed by atoms with Crippen molar-refractivity contribution in [3.05, 3.63) is 21.0 Å². The maximum Gasteiger partial charge on any atom is 0.573 e. The fourth-order valence-electron chi connectivity index (χ4n) is 1.01. The Morgan fingerprint density at radius 1 is 1.59 bits per heavy atom. The Bertz CT molecular complexity index is 452. The molecule has 0 aliphatic heterocycles. The second-order valence-electron chi connectivity index (χ2n) is 2.75. The number of nitrogens with zero attached hydrogens (tertiary/aromatic N) is 1. The molecular formula is C8H4BrF3INO3.